The minimum Gasteiger partial charge on any atom is -0.354 e. The van der Waals surface area contributed by atoms with Gasteiger partial charge in [0.2, 0.25) is 5.91 Å². The molecule has 1 atom stereocenters. The molecule has 2 aromatic carbocycles. The van der Waals surface area contributed by atoms with Crippen molar-refractivity contribution < 1.29 is 4.79 Å². The van der Waals surface area contributed by atoms with Crippen molar-refractivity contribution in [2.24, 2.45) is 0 Å². The summed E-state index contributed by atoms with van der Waals surface area (Å²) < 4.78 is 3.04. The van der Waals surface area contributed by atoms with Crippen molar-refractivity contribution >= 4 is 28.4 Å². The second-order valence-corrected chi connectivity index (χ2v) is 8.92. The molecule has 0 aliphatic carbocycles. The Morgan fingerprint density at radius 1 is 1.03 bits per heavy atom. The summed E-state index contributed by atoms with van der Waals surface area (Å²) in [5, 5.41) is 13.5. The number of carbonyl (C=O) groups is 1. The number of carbonyl (C=O) groups excluding carboxylic acids is 1. The van der Waals surface area contributed by atoms with Gasteiger partial charge >= 0.3 is 0 Å². The van der Waals surface area contributed by atoms with Gasteiger partial charge in [0.1, 0.15) is 6.04 Å². The van der Waals surface area contributed by atoms with Crippen molar-refractivity contribution in [1.29, 1.82) is 0 Å². The van der Waals surface area contributed by atoms with Crippen LogP contribution < -0.4 is 10.9 Å². The van der Waals surface area contributed by atoms with Crippen LogP contribution in [0, 0.1) is 20.8 Å². The molecule has 0 saturated carbocycles. The smallest absolute Gasteiger partial charge is 0.295 e. The van der Waals surface area contributed by atoms with Crippen LogP contribution in [0.3, 0.4) is 0 Å². The second-order valence-electron chi connectivity index (χ2n) is 8.48. The Labute approximate surface area is 203 Å². The number of aromatic nitrogens is 4. The van der Waals surface area contributed by atoms with E-state index < -0.39 is 6.04 Å². The van der Waals surface area contributed by atoms with E-state index in [1.54, 1.807) is 4.68 Å². The molecular weight excluding hydrogens is 450 g/mol. The summed E-state index contributed by atoms with van der Waals surface area (Å²) >= 11 is 5.93. The maximum Gasteiger partial charge on any atom is 0.295 e. The number of hydrogen-bond acceptors (Lipinski definition) is 4. The molecule has 0 spiro atoms. The van der Waals surface area contributed by atoms with Gasteiger partial charge in [-0.05, 0) is 63.4 Å². The first-order valence-corrected chi connectivity index (χ1v) is 11.8. The fourth-order valence-electron chi connectivity index (χ4n) is 4.17. The van der Waals surface area contributed by atoms with Crippen LogP contribution in [0.25, 0.3) is 16.6 Å². The minimum absolute atomic E-state index is 0.237. The van der Waals surface area contributed by atoms with Crippen molar-refractivity contribution in [3.8, 4) is 5.69 Å². The highest BCUT2D eigenvalue weighted by Crippen LogP contribution is 2.22. The molecule has 2 aromatic heterocycles. The average Bonchev–Trinajstić information content (AvgIpc) is 3.17. The van der Waals surface area contributed by atoms with Gasteiger partial charge in [0, 0.05) is 11.6 Å². The topological polar surface area (TPSA) is 81.8 Å². The Hall–Kier alpha value is -3.45. The summed E-state index contributed by atoms with van der Waals surface area (Å²) in [6.45, 7) is 8.11. The van der Waals surface area contributed by atoms with E-state index in [4.69, 9.17) is 11.6 Å². The van der Waals surface area contributed by atoms with E-state index in [0.29, 0.717) is 35.6 Å². The van der Waals surface area contributed by atoms with Crippen LogP contribution in [0.15, 0.2) is 53.3 Å². The molecule has 0 radical (unpaired) electrons. The Morgan fingerprint density at radius 3 is 2.35 bits per heavy atom. The molecule has 34 heavy (non-hydrogen) atoms. The van der Waals surface area contributed by atoms with E-state index >= 15 is 0 Å². The molecule has 8 heteroatoms. The van der Waals surface area contributed by atoms with Crippen LogP contribution in [0.4, 0.5) is 0 Å². The van der Waals surface area contributed by atoms with E-state index in [-0.39, 0.29) is 11.5 Å². The second kappa shape index (κ2) is 9.81. The Bertz CT molecular complexity index is 1390. The van der Waals surface area contributed by atoms with E-state index in [0.717, 1.165) is 27.9 Å². The van der Waals surface area contributed by atoms with Crippen molar-refractivity contribution in [3.63, 3.8) is 0 Å². The molecule has 0 saturated heterocycles. The summed E-state index contributed by atoms with van der Waals surface area (Å²) in [7, 11) is 0. The summed E-state index contributed by atoms with van der Waals surface area (Å²) in [6.07, 6.45) is 1.10. The maximum absolute atomic E-state index is 13.4. The molecule has 1 unspecified atom stereocenters. The molecule has 4 rings (SSSR count). The standard InChI is InChI=1S/C26H28ClN5O2/c1-5-22(25(33)28-15-14-19-8-10-20(27)11-9-19)32-26(34)24-23(17(3)29-32)18(4)31(30-24)21-12-6-16(2)7-13-21/h6-13,22H,5,14-15H2,1-4H3,(H,28,33). The molecule has 0 bridgehead atoms. The molecule has 4 aromatic rings. The summed E-state index contributed by atoms with van der Waals surface area (Å²) in [4.78, 5) is 26.4. The Morgan fingerprint density at radius 2 is 1.71 bits per heavy atom. The lowest BCUT2D eigenvalue weighted by Gasteiger charge is -2.17. The number of benzene rings is 2. The molecule has 0 aliphatic heterocycles. The molecule has 1 amide bonds. The number of nitrogens with zero attached hydrogens (tertiary/aromatic N) is 4. The minimum atomic E-state index is -0.717. The summed E-state index contributed by atoms with van der Waals surface area (Å²) in [6, 6.07) is 14.8. The highest BCUT2D eigenvalue weighted by Gasteiger charge is 2.25. The maximum atomic E-state index is 13.4. The third-order valence-corrected chi connectivity index (χ3v) is 6.29. The van der Waals surface area contributed by atoms with Crippen LogP contribution in [0.1, 0.15) is 41.9 Å². The Balaban J connectivity index is 1.62. The van der Waals surface area contributed by atoms with Crippen molar-refractivity contribution in [3.05, 3.63) is 86.4 Å². The summed E-state index contributed by atoms with van der Waals surface area (Å²) in [5.74, 6) is -0.237. The van der Waals surface area contributed by atoms with Gasteiger partial charge in [-0.3, -0.25) is 9.59 Å². The fourth-order valence-corrected chi connectivity index (χ4v) is 4.29. The third-order valence-electron chi connectivity index (χ3n) is 6.04. The number of aryl methyl sites for hydroxylation is 3. The molecular formula is C26H28ClN5O2. The van der Waals surface area contributed by atoms with Crippen molar-refractivity contribution in [2.75, 3.05) is 6.54 Å². The number of fused-ring (bicyclic) bond motifs is 1. The van der Waals surface area contributed by atoms with Gasteiger partial charge in [0.25, 0.3) is 5.56 Å². The lowest BCUT2D eigenvalue weighted by Crippen LogP contribution is -2.39. The van der Waals surface area contributed by atoms with Gasteiger partial charge < -0.3 is 5.32 Å². The first-order valence-electron chi connectivity index (χ1n) is 11.4. The van der Waals surface area contributed by atoms with Crippen LogP contribution in [-0.4, -0.2) is 32.0 Å². The van der Waals surface area contributed by atoms with Gasteiger partial charge in [-0.1, -0.05) is 48.4 Å². The predicted molar refractivity (Wildman–Crippen MR) is 135 cm³/mol. The number of hydrogen-bond donors (Lipinski definition) is 1. The van der Waals surface area contributed by atoms with Gasteiger partial charge in [-0.25, -0.2) is 9.36 Å². The zero-order valence-electron chi connectivity index (χ0n) is 19.8. The van der Waals surface area contributed by atoms with E-state index in [2.05, 4.69) is 15.5 Å². The zero-order chi connectivity index (χ0) is 24.4. The monoisotopic (exact) mass is 477 g/mol. The quantitative estimate of drug-likeness (QED) is 0.425. The summed E-state index contributed by atoms with van der Waals surface area (Å²) in [5.41, 5.74) is 4.55. The SMILES string of the molecule is CCC(C(=O)NCCc1ccc(Cl)cc1)n1nc(C)c2c(C)n(-c3ccc(C)cc3)nc2c1=O. The van der Waals surface area contributed by atoms with E-state index in [1.165, 1.54) is 4.68 Å². The van der Waals surface area contributed by atoms with Gasteiger partial charge in [-0.15, -0.1) is 0 Å². The molecule has 1 N–H and O–H groups in total. The number of amides is 1. The normalized spacial score (nSPS) is 12.1. The van der Waals surface area contributed by atoms with Crippen LogP contribution >= 0.6 is 11.6 Å². The zero-order valence-corrected chi connectivity index (χ0v) is 20.6. The van der Waals surface area contributed by atoms with Gasteiger partial charge in [-0.2, -0.15) is 10.2 Å². The first-order chi connectivity index (χ1) is 16.3. The third kappa shape index (κ3) is 4.61. The number of halogens is 1. The van der Waals surface area contributed by atoms with Crippen molar-refractivity contribution in [1.82, 2.24) is 24.9 Å². The van der Waals surface area contributed by atoms with Crippen LogP contribution in [-0.2, 0) is 11.2 Å². The highest BCUT2D eigenvalue weighted by atomic mass is 35.5. The van der Waals surface area contributed by atoms with Gasteiger partial charge in [0.15, 0.2) is 5.52 Å². The van der Waals surface area contributed by atoms with E-state index in [1.807, 2.05) is 76.2 Å². The highest BCUT2D eigenvalue weighted by molar-refractivity contribution is 6.30. The molecule has 0 fully saturated rings. The molecule has 176 valence electrons. The fraction of sp³-hybridized carbons (Fsp3) is 0.308. The lowest BCUT2D eigenvalue weighted by atomic mass is 10.1. The van der Waals surface area contributed by atoms with E-state index in [9.17, 15) is 9.59 Å². The van der Waals surface area contributed by atoms with Crippen LogP contribution in [0.5, 0.6) is 0 Å². The van der Waals surface area contributed by atoms with Crippen LogP contribution in [0.2, 0.25) is 5.02 Å². The molecule has 0 aliphatic rings. The molecule has 7 nitrogen and oxygen atoms in total. The first kappa shape index (κ1) is 23.7. The predicted octanol–water partition coefficient (Wildman–Crippen LogP) is 4.47. The largest absolute Gasteiger partial charge is 0.354 e. The number of nitrogens with one attached hydrogen (secondary N) is 1. The number of rotatable bonds is 7. The average molecular weight is 478 g/mol. The van der Waals surface area contributed by atoms with Crippen molar-refractivity contribution in [2.45, 2.75) is 46.6 Å². The lowest BCUT2D eigenvalue weighted by molar-refractivity contribution is -0.124. The molecule has 2 heterocycles. The van der Waals surface area contributed by atoms with Gasteiger partial charge in [0.05, 0.1) is 22.5 Å². The Kier molecular flexibility index (Phi) is 6.84.